The monoisotopic (exact) mass is 290 g/mol. The average Bonchev–Trinajstić information content (AvgIpc) is 2.44. The Labute approximate surface area is 121 Å². The van der Waals surface area contributed by atoms with Gasteiger partial charge in [-0.3, -0.25) is 4.79 Å². The van der Waals surface area contributed by atoms with Gasteiger partial charge in [0.15, 0.2) is 0 Å². The molecule has 1 aromatic heterocycles. The van der Waals surface area contributed by atoms with E-state index in [0.29, 0.717) is 5.69 Å². The van der Waals surface area contributed by atoms with Crippen LogP contribution in [0.3, 0.4) is 0 Å². The number of fused-ring (bicyclic) bond motifs is 1. The Morgan fingerprint density at radius 2 is 2.30 bits per heavy atom. The lowest BCUT2D eigenvalue weighted by Crippen LogP contribution is -2.20. The van der Waals surface area contributed by atoms with Crippen molar-refractivity contribution in [2.75, 3.05) is 11.1 Å². The zero-order valence-corrected chi connectivity index (χ0v) is 11.6. The van der Waals surface area contributed by atoms with E-state index in [0.717, 1.165) is 24.9 Å². The largest absolute Gasteiger partial charge is 0.399 e. The number of nitrogens with two attached hydrogens (primary N) is 1. The normalized spacial score (nSPS) is 17.6. The van der Waals surface area contributed by atoms with Crippen LogP contribution in [-0.4, -0.2) is 10.2 Å². The highest BCUT2D eigenvalue weighted by atomic mass is 35.5. The third kappa shape index (κ3) is 2.36. The van der Waals surface area contributed by atoms with Crippen molar-refractivity contribution in [2.45, 2.75) is 25.3 Å². The minimum atomic E-state index is -0.384. The molecule has 20 heavy (non-hydrogen) atoms. The summed E-state index contributed by atoms with van der Waals surface area (Å²) >= 11 is 6.00. The zero-order valence-electron chi connectivity index (χ0n) is 10.8. The van der Waals surface area contributed by atoms with Crippen LogP contribution in [0.1, 0.15) is 30.0 Å². The number of aromatic amines is 1. The van der Waals surface area contributed by atoms with Gasteiger partial charge in [-0.1, -0.05) is 17.7 Å². The number of halogens is 1. The molecule has 1 atom stereocenters. The Bertz CT molecular complexity index is 698. The molecular weight excluding hydrogens is 276 g/mol. The van der Waals surface area contributed by atoms with Crippen molar-refractivity contribution in [3.8, 4) is 0 Å². The summed E-state index contributed by atoms with van der Waals surface area (Å²) in [4.78, 5) is 11.5. The molecule has 0 amide bonds. The highest BCUT2D eigenvalue weighted by Crippen LogP contribution is 2.34. The van der Waals surface area contributed by atoms with Gasteiger partial charge in [-0.05, 0) is 42.5 Å². The second-order valence-electron chi connectivity index (χ2n) is 4.97. The van der Waals surface area contributed by atoms with Gasteiger partial charge in [0.05, 0.1) is 17.9 Å². The number of hydrogen-bond acceptors (Lipinski definition) is 4. The van der Waals surface area contributed by atoms with Crippen molar-refractivity contribution < 1.29 is 0 Å². The van der Waals surface area contributed by atoms with Crippen LogP contribution in [0.2, 0.25) is 5.02 Å². The lowest BCUT2D eigenvalue weighted by atomic mass is 9.87. The van der Waals surface area contributed by atoms with Crippen molar-refractivity contribution in [1.82, 2.24) is 10.2 Å². The predicted octanol–water partition coefficient (Wildman–Crippen LogP) is 2.50. The number of H-pyrrole nitrogens is 1. The van der Waals surface area contributed by atoms with E-state index in [1.165, 1.54) is 17.3 Å². The fourth-order valence-corrected chi connectivity index (χ4v) is 2.80. The number of aromatic nitrogens is 2. The summed E-state index contributed by atoms with van der Waals surface area (Å²) in [5, 5.41) is 9.54. The van der Waals surface area contributed by atoms with Gasteiger partial charge in [-0.25, -0.2) is 5.10 Å². The second kappa shape index (κ2) is 5.17. The topological polar surface area (TPSA) is 83.8 Å². The Morgan fingerprint density at radius 3 is 3.15 bits per heavy atom. The summed E-state index contributed by atoms with van der Waals surface area (Å²) in [7, 11) is 0. The quantitative estimate of drug-likeness (QED) is 0.742. The number of hydrogen-bond donors (Lipinski definition) is 3. The van der Waals surface area contributed by atoms with E-state index in [2.05, 4.69) is 15.5 Å². The maximum atomic E-state index is 11.5. The van der Waals surface area contributed by atoms with Gasteiger partial charge in [0, 0.05) is 5.69 Å². The molecule has 1 aliphatic rings. The van der Waals surface area contributed by atoms with Crippen molar-refractivity contribution >= 4 is 23.0 Å². The SMILES string of the molecule is Nc1ccc2c(c1)CCCC2Nc1cn[nH]c(=O)c1Cl. The first-order valence-corrected chi connectivity index (χ1v) is 6.91. The number of aryl methyl sites for hydroxylation is 1. The summed E-state index contributed by atoms with van der Waals surface area (Å²) in [6.45, 7) is 0. The van der Waals surface area contributed by atoms with Gasteiger partial charge >= 0.3 is 0 Å². The molecule has 5 nitrogen and oxygen atoms in total. The summed E-state index contributed by atoms with van der Waals surface area (Å²) < 4.78 is 0. The molecule has 6 heteroatoms. The highest BCUT2D eigenvalue weighted by molar-refractivity contribution is 6.32. The zero-order chi connectivity index (χ0) is 14.1. The van der Waals surface area contributed by atoms with E-state index in [1.54, 1.807) is 0 Å². The lowest BCUT2D eigenvalue weighted by Gasteiger charge is -2.27. The van der Waals surface area contributed by atoms with Crippen LogP contribution < -0.4 is 16.6 Å². The van der Waals surface area contributed by atoms with E-state index in [9.17, 15) is 4.79 Å². The van der Waals surface area contributed by atoms with Crippen molar-refractivity contribution in [3.05, 3.63) is 50.9 Å². The number of rotatable bonds is 2. The minimum absolute atomic E-state index is 0.125. The van der Waals surface area contributed by atoms with Gasteiger partial charge < -0.3 is 11.1 Å². The summed E-state index contributed by atoms with van der Waals surface area (Å²) in [6, 6.07) is 6.08. The third-order valence-corrected chi connectivity index (χ3v) is 3.98. The molecule has 3 rings (SSSR count). The average molecular weight is 291 g/mol. The maximum Gasteiger partial charge on any atom is 0.285 e. The predicted molar refractivity (Wildman–Crippen MR) is 80.0 cm³/mol. The molecule has 0 bridgehead atoms. The first kappa shape index (κ1) is 13.0. The summed E-state index contributed by atoms with van der Waals surface area (Å²) in [5.74, 6) is 0. The first-order chi connectivity index (χ1) is 9.65. The van der Waals surface area contributed by atoms with Gasteiger partial charge in [0.2, 0.25) is 0 Å². The first-order valence-electron chi connectivity index (χ1n) is 6.53. The van der Waals surface area contributed by atoms with Crippen LogP contribution >= 0.6 is 11.6 Å². The molecule has 0 spiro atoms. The van der Waals surface area contributed by atoms with Gasteiger partial charge in [-0.15, -0.1) is 0 Å². The summed E-state index contributed by atoms with van der Waals surface area (Å²) in [6.07, 6.45) is 4.62. The van der Waals surface area contributed by atoms with E-state index in [1.807, 2.05) is 18.2 Å². The van der Waals surface area contributed by atoms with Crippen LogP contribution in [0.25, 0.3) is 0 Å². The number of nitrogens with one attached hydrogen (secondary N) is 2. The van der Waals surface area contributed by atoms with Gasteiger partial charge in [0.1, 0.15) is 5.02 Å². The van der Waals surface area contributed by atoms with Crippen LogP contribution in [-0.2, 0) is 6.42 Å². The maximum absolute atomic E-state index is 11.5. The Balaban J connectivity index is 1.93. The Kier molecular flexibility index (Phi) is 3.36. The van der Waals surface area contributed by atoms with Crippen molar-refractivity contribution in [1.29, 1.82) is 0 Å². The van der Waals surface area contributed by atoms with E-state index >= 15 is 0 Å². The van der Waals surface area contributed by atoms with Crippen LogP contribution in [0.15, 0.2) is 29.2 Å². The van der Waals surface area contributed by atoms with Gasteiger partial charge in [-0.2, -0.15) is 5.10 Å². The van der Waals surface area contributed by atoms with E-state index < -0.39 is 0 Å². The van der Waals surface area contributed by atoms with E-state index in [4.69, 9.17) is 17.3 Å². The molecule has 2 aromatic rings. The molecule has 104 valence electrons. The van der Waals surface area contributed by atoms with Crippen LogP contribution in [0.4, 0.5) is 11.4 Å². The Hall–Kier alpha value is -2.01. The molecule has 0 aliphatic heterocycles. The number of anilines is 2. The summed E-state index contributed by atoms with van der Waals surface area (Å²) in [5.41, 5.74) is 9.24. The van der Waals surface area contributed by atoms with Crippen molar-refractivity contribution in [2.24, 2.45) is 0 Å². The van der Waals surface area contributed by atoms with E-state index in [-0.39, 0.29) is 16.6 Å². The fraction of sp³-hybridized carbons (Fsp3) is 0.286. The molecule has 0 saturated heterocycles. The van der Waals surface area contributed by atoms with Crippen LogP contribution in [0.5, 0.6) is 0 Å². The smallest absolute Gasteiger partial charge is 0.285 e. The molecule has 1 aliphatic carbocycles. The molecular formula is C14H15ClN4O. The number of benzene rings is 1. The molecule has 1 heterocycles. The van der Waals surface area contributed by atoms with Crippen LogP contribution in [0, 0.1) is 0 Å². The highest BCUT2D eigenvalue weighted by Gasteiger charge is 2.21. The molecule has 0 radical (unpaired) electrons. The lowest BCUT2D eigenvalue weighted by molar-refractivity contribution is 0.600. The number of nitrogen functional groups attached to an aromatic ring is 1. The Morgan fingerprint density at radius 1 is 1.45 bits per heavy atom. The molecule has 1 unspecified atom stereocenters. The van der Waals surface area contributed by atoms with Crippen molar-refractivity contribution in [3.63, 3.8) is 0 Å². The fourth-order valence-electron chi connectivity index (χ4n) is 2.66. The standard InChI is InChI=1S/C14H15ClN4O/c15-13-12(7-17-19-14(13)20)18-11-3-1-2-8-6-9(16)4-5-10(8)11/h4-7,11H,1-3,16H2,(H2,18,19,20). The van der Waals surface area contributed by atoms with Gasteiger partial charge in [0.25, 0.3) is 5.56 Å². The second-order valence-corrected chi connectivity index (χ2v) is 5.35. The molecule has 4 N–H and O–H groups in total. The molecule has 1 aromatic carbocycles. The third-order valence-electron chi connectivity index (χ3n) is 3.61. The minimum Gasteiger partial charge on any atom is -0.399 e. The molecule has 0 saturated carbocycles. The number of nitrogens with zero attached hydrogens (tertiary/aromatic N) is 1. The molecule has 0 fully saturated rings.